The monoisotopic (exact) mass is 359 g/mol. The van der Waals surface area contributed by atoms with E-state index in [4.69, 9.17) is 14.2 Å². The quantitative estimate of drug-likeness (QED) is 0.323. The SMILES string of the molecule is COc1ccc(C(C)=O)cc1COC(=O)c1ccc(OC)c([N+](=O)[O-])c1. The van der Waals surface area contributed by atoms with Gasteiger partial charge in [-0.3, -0.25) is 14.9 Å². The van der Waals surface area contributed by atoms with Crippen molar-refractivity contribution >= 4 is 17.4 Å². The van der Waals surface area contributed by atoms with Crippen LogP contribution < -0.4 is 9.47 Å². The van der Waals surface area contributed by atoms with Gasteiger partial charge in [-0.2, -0.15) is 0 Å². The largest absolute Gasteiger partial charge is 0.496 e. The number of ether oxygens (including phenoxy) is 3. The summed E-state index contributed by atoms with van der Waals surface area (Å²) in [6.45, 7) is 1.27. The minimum absolute atomic E-state index is 0.0131. The van der Waals surface area contributed by atoms with E-state index in [9.17, 15) is 19.7 Å². The summed E-state index contributed by atoms with van der Waals surface area (Å²) in [5.74, 6) is -0.372. The van der Waals surface area contributed by atoms with E-state index in [-0.39, 0.29) is 29.4 Å². The molecule has 8 heteroatoms. The minimum atomic E-state index is -0.744. The van der Waals surface area contributed by atoms with Gasteiger partial charge < -0.3 is 14.2 Å². The molecule has 0 aromatic heterocycles. The third-order valence-electron chi connectivity index (χ3n) is 3.66. The smallest absolute Gasteiger partial charge is 0.338 e. The molecule has 0 saturated heterocycles. The van der Waals surface area contributed by atoms with E-state index in [2.05, 4.69) is 0 Å². The van der Waals surface area contributed by atoms with Crippen LogP contribution in [0.15, 0.2) is 36.4 Å². The van der Waals surface area contributed by atoms with Crippen molar-refractivity contribution in [2.45, 2.75) is 13.5 Å². The predicted molar refractivity (Wildman–Crippen MR) is 91.8 cm³/mol. The molecule has 2 rings (SSSR count). The number of nitrogens with zero attached hydrogens (tertiary/aromatic N) is 1. The molecule has 0 atom stereocenters. The maximum Gasteiger partial charge on any atom is 0.338 e. The zero-order chi connectivity index (χ0) is 19.3. The highest BCUT2D eigenvalue weighted by Gasteiger charge is 2.19. The van der Waals surface area contributed by atoms with E-state index in [1.54, 1.807) is 18.2 Å². The summed E-state index contributed by atoms with van der Waals surface area (Å²) in [6.07, 6.45) is 0. The Labute approximate surface area is 149 Å². The Morgan fingerprint density at radius 1 is 1.00 bits per heavy atom. The van der Waals surface area contributed by atoms with Gasteiger partial charge in [-0.15, -0.1) is 0 Å². The molecule has 0 spiro atoms. The third kappa shape index (κ3) is 4.15. The first-order valence-electron chi connectivity index (χ1n) is 7.54. The number of esters is 1. The van der Waals surface area contributed by atoms with Crippen molar-refractivity contribution in [3.63, 3.8) is 0 Å². The first kappa shape index (κ1) is 18.9. The number of rotatable bonds is 7. The Kier molecular flexibility index (Phi) is 5.90. The van der Waals surface area contributed by atoms with Gasteiger partial charge in [0.1, 0.15) is 12.4 Å². The normalized spacial score (nSPS) is 10.1. The fourth-order valence-electron chi connectivity index (χ4n) is 2.30. The minimum Gasteiger partial charge on any atom is -0.496 e. The van der Waals surface area contributed by atoms with Gasteiger partial charge in [0.2, 0.25) is 0 Å². The fraction of sp³-hybridized carbons (Fsp3) is 0.222. The number of nitro benzene ring substituents is 1. The summed E-state index contributed by atoms with van der Waals surface area (Å²) in [5.41, 5.74) is 0.644. The molecule has 8 nitrogen and oxygen atoms in total. The van der Waals surface area contributed by atoms with Crippen LogP contribution in [-0.4, -0.2) is 30.9 Å². The molecule has 136 valence electrons. The molecule has 0 N–H and O–H groups in total. The summed E-state index contributed by atoms with van der Waals surface area (Å²) < 4.78 is 15.3. The van der Waals surface area contributed by atoms with E-state index in [0.29, 0.717) is 16.9 Å². The molecule has 26 heavy (non-hydrogen) atoms. The van der Waals surface area contributed by atoms with Crippen molar-refractivity contribution in [3.05, 3.63) is 63.2 Å². The molecule has 0 aliphatic carbocycles. The van der Waals surface area contributed by atoms with Gasteiger partial charge >= 0.3 is 11.7 Å². The second kappa shape index (κ2) is 8.11. The first-order chi connectivity index (χ1) is 12.4. The summed E-state index contributed by atoms with van der Waals surface area (Å²) in [6, 6.07) is 8.58. The van der Waals surface area contributed by atoms with Gasteiger partial charge in [-0.1, -0.05) is 0 Å². The molecule has 0 fully saturated rings. The van der Waals surface area contributed by atoms with Crippen molar-refractivity contribution in [2.24, 2.45) is 0 Å². The van der Waals surface area contributed by atoms with Crippen LogP contribution in [0.2, 0.25) is 0 Å². The topological polar surface area (TPSA) is 105 Å². The zero-order valence-electron chi connectivity index (χ0n) is 14.5. The summed E-state index contributed by atoms with van der Waals surface area (Å²) in [4.78, 5) is 34.1. The van der Waals surface area contributed by atoms with Crippen LogP contribution in [0.25, 0.3) is 0 Å². The van der Waals surface area contributed by atoms with Crippen LogP contribution in [0.1, 0.15) is 33.2 Å². The molecule has 2 aromatic carbocycles. The van der Waals surface area contributed by atoms with Crippen molar-refractivity contribution in [3.8, 4) is 11.5 Å². The van der Waals surface area contributed by atoms with Crippen LogP contribution >= 0.6 is 0 Å². The number of benzene rings is 2. The lowest BCUT2D eigenvalue weighted by Gasteiger charge is -2.11. The molecule has 0 heterocycles. The van der Waals surface area contributed by atoms with Gasteiger partial charge in [0.15, 0.2) is 11.5 Å². The molecule has 0 saturated carbocycles. The number of Topliss-reactive ketones (excluding diaryl/α,β-unsaturated/α-hetero) is 1. The number of hydrogen-bond acceptors (Lipinski definition) is 7. The van der Waals surface area contributed by atoms with Crippen LogP contribution in [0.5, 0.6) is 11.5 Å². The fourth-order valence-corrected chi connectivity index (χ4v) is 2.30. The molecule has 0 bridgehead atoms. The van der Waals surface area contributed by atoms with E-state index >= 15 is 0 Å². The number of carbonyl (C=O) groups is 2. The number of hydrogen-bond donors (Lipinski definition) is 0. The summed E-state index contributed by atoms with van der Waals surface area (Å²) >= 11 is 0. The maximum atomic E-state index is 12.2. The van der Waals surface area contributed by atoms with E-state index < -0.39 is 10.9 Å². The van der Waals surface area contributed by atoms with Gasteiger partial charge in [0.05, 0.1) is 24.7 Å². The Hall–Kier alpha value is -3.42. The molecular weight excluding hydrogens is 342 g/mol. The lowest BCUT2D eigenvalue weighted by molar-refractivity contribution is -0.385. The Morgan fingerprint density at radius 2 is 1.62 bits per heavy atom. The van der Waals surface area contributed by atoms with Crippen molar-refractivity contribution < 1.29 is 28.7 Å². The van der Waals surface area contributed by atoms with Crippen LogP contribution in [0.3, 0.4) is 0 Å². The number of carbonyl (C=O) groups excluding carboxylic acids is 2. The third-order valence-corrected chi connectivity index (χ3v) is 3.66. The van der Waals surface area contributed by atoms with Gasteiger partial charge in [-0.25, -0.2) is 4.79 Å². The van der Waals surface area contributed by atoms with Crippen molar-refractivity contribution in [1.82, 2.24) is 0 Å². The Bertz CT molecular complexity index is 861. The van der Waals surface area contributed by atoms with Gasteiger partial charge in [-0.05, 0) is 37.3 Å². The lowest BCUT2D eigenvalue weighted by Crippen LogP contribution is -2.08. The second-order valence-corrected chi connectivity index (χ2v) is 5.30. The molecule has 0 amide bonds. The first-order valence-corrected chi connectivity index (χ1v) is 7.54. The molecule has 0 aliphatic heterocycles. The Morgan fingerprint density at radius 3 is 2.19 bits per heavy atom. The second-order valence-electron chi connectivity index (χ2n) is 5.30. The molecule has 2 aromatic rings. The standard InChI is InChI=1S/C18H17NO7/c1-11(20)12-4-6-16(24-2)14(8-12)10-26-18(21)13-5-7-17(25-3)15(9-13)19(22)23/h4-9H,10H2,1-3H3. The van der Waals surface area contributed by atoms with Crippen LogP contribution in [0.4, 0.5) is 5.69 Å². The summed E-state index contributed by atoms with van der Waals surface area (Å²) in [5, 5.41) is 11.0. The van der Waals surface area contributed by atoms with Crippen molar-refractivity contribution in [2.75, 3.05) is 14.2 Å². The number of ketones is 1. The molecule has 0 radical (unpaired) electrons. The average Bonchev–Trinajstić information content (AvgIpc) is 2.64. The van der Waals surface area contributed by atoms with E-state index in [0.717, 1.165) is 6.07 Å². The maximum absolute atomic E-state index is 12.2. The highest BCUT2D eigenvalue weighted by atomic mass is 16.6. The molecule has 0 unspecified atom stereocenters. The average molecular weight is 359 g/mol. The highest BCUT2D eigenvalue weighted by Crippen LogP contribution is 2.28. The van der Waals surface area contributed by atoms with Gasteiger partial charge in [0.25, 0.3) is 0 Å². The van der Waals surface area contributed by atoms with Gasteiger partial charge in [0, 0.05) is 17.2 Å². The lowest BCUT2D eigenvalue weighted by atomic mass is 10.1. The van der Waals surface area contributed by atoms with E-state index in [1.807, 2.05) is 0 Å². The number of nitro groups is 1. The van der Waals surface area contributed by atoms with Crippen LogP contribution in [-0.2, 0) is 11.3 Å². The Balaban J connectivity index is 2.21. The predicted octanol–water partition coefficient (Wildman–Crippen LogP) is 3.17. The molecule has 0 aliphatic rings. The zero-order valence-corrected chi connectivity index (χ0v) is 14.5. The molecular formula is C18H17NO7. The number of methoxy groups -OCH3 is 2. The van der Waals surface area contributed by atoms with Crippen molar-refractivity contribution in [1.29, 1.82) is 0 Å². The van der Waals surface area contributed by atoms with Crippen LogP contribution in [0, 0.1) is 10.1 Å². The highest BCUT2D eigenvalue weighted by molar-refractivity contribution is 5.94. The van der Waals surface area contributed by atoms with E-state index in [1.165, 1.54) is 33.3 Å². The summed E-state index contributed by atoms with van der Waals surface area (Å²) in [7, 11) is 2.76.